The maximum atomic E-state index is 12.1. The maximum absolute atomic E-state index is 12.1. The van der Waals surface area contributed by atoms with E-state index < -0.39 is 6.61 Å². The summed E-state index contributed by atoms with van der Waals surface area (Å²) in [6.45, 7) is 2.29. The van der Waals surface area contributed by atoms with Gasteiger partial charge in [0.05, 0.1) is 6.20 Å². The van der Waals surface area contributed by atoms with Crippen LogP contribution in [0, 0.1) is 6.92 Å². The van der Waals surface area contributed by atoms with Gasteiger partial charge in [0.15, 0.2) is 0 Å². The van der Waals surface area contributed by atoms with Gasteiger partial charge in [0.1, 0.15) is 5.75 Å². The number of ether oxygens (including phenoxy) is 1. The number of aromatic nitrogens is 2. The molecule has 128 valence electrons. The average Bonchev–Trinajstić information content (AvgIpc) is 2.91. The fraction of sp³-hybridized carbons (Fsp3) is 0.294. The lowest BCUT2D eigenvalue weighted by Gasteiger charge is -2.04. The van der Waals surface area contributed by atoms with E-state index in [1.165, 1.54) is 18.2 Å². The van der Waals surface area contributed by atoms with Gasteiger partial charge in [-0.25, -0.2) is 0 Å². The quantitative estimate of drug-likeness (QED) is 0.791. The monoisotopic (exact) mass is 335 g/mol. The minimum Gasteiger partial charge on any atom is -0.435 e. The van der Waals surface area contributed by atoms with E-state index in [-0.39, 0.29) is 11.7 Å². The Morgan fingerprint density at radius 1 is 1.38 bits per heavy atom. The molecular weight excluding hydrogens is 316 g/mol. The number of hydrogen-bond acceptors (Lipinski definition) is 3. The zero-order valence-electron chi connectivity index (χ0n) is 13.5. The zero-order chi connectivity index (χ0) is 17.5. The number of hydrogen-bond donors (Lipinski definition) is 1. The third kappa shape index (κ3) is 4.91. The van der Waals surface area contributed by atoms with Crippen molar-refractivity contribution < 1.29 is 18.3 Å². The molecule has 0 aliphatic rings. The lowest BCUT2D eigenvalue weighted by molar-refractivity contribution is -0.116. The van der Waals surface area contributed by atoms with Gasteiger partial charge in [0, 0.05) is 30.4 Å². The molecular formula is C17H19F2N3O2. The molecule has 7 heteroatoms. The van der Waals surface area contributed by atoms with E-state index in [4.69, 9.17) is 0 Å². The van der Waals surface area contributed by atoms with Crippen LogP contribution in [0.3, 0.4) is 0 Å². The first kappa shape index (κ1) is 17.7. The van der Waals surface area contributed by atoms with E-state index in [9.17, 15) is 13.6 Å². The summed E-state index contributed by atoms with van der Waals surface area (Å²) >= 11 is 0. The maximum Gasteiger partial charge on any atom is 0.387 e. The Morgan fingerprint density at radius 2 is 2.08 bits per heavy atom. The molecule has 1 N–H and O–H groups in total. The lowest BCUT2D eigenvalue weighted by Crippen LogP contribution is -2.20. The molecule has 24 heavy (non-hydrogen) atoms. The van der Waals surface area contributed by atoms with Crippen LogP contribution in [0.2, 0.25) is 0 Å². The second-order valence-corrected chi connectivity index (χ2v) is 5.07. The summed E-state index contributed by atoms with van der Waals surface area (Å²) in [5.41, 5.74) is 2.70. The molecule has 1 aromatic carbocycles. The van der Waals surface area contributed by atoms with Crippen LogP contribution in [0.4, 0.5) is 8.78 Å². The predicted octanol–water partition coefficient (Wildman–Crippen LogP) is 3.14. The van der Waals surface area contributed by atoms with Crippen molar-refractivity contribution in [2.45, 2.75) is 33.5 Å². The Morgan fingerprint density at radius 3 is 2.67 bits per heavy atom. The molecule has 0 saturated heterocycles. The molecule has 0 atom stereocenters. The van der Waals surface area contributed by atoms with Gasteiger partial charge in [-0.1, -0.05) is 12.1 Å². The minimum absolute atomic E-state index is 0.0787. The predicted molar refractivity (Wildman–Crippen MR) is 86.6 cm³/mol. The number of benzene rings is 1. The highest BCUT2D eigenvalue weighted by molar-refractivity contribution is 5.91. The first-order chi connectivity index (χ1) is 11.5. The van der Waals surface area contributed by atoms with E-state index >= 15 is 0 Å². The van der Waals surface area contributed by atoms with E-state index in [2.05, 4.69) is 15.2 Å². The first-order valence-corrected chi connectivity index (χ1v) is 7.51. The SMILES string of the molecule is CCn1ncc(CNC(=O)/C=C/c2ccc(OC(F)F)cc2)c1C. The summed E-state index contributed by atoms with van der Waals surface area (Å²) in [5, 5.41) is 7.00. The van der Waals surface area contributed by atoms with Gasteiger partial charge in [-0.3, -0.25) is 9.48 Å². The van der Waals surface area contributed by atoms with Gasteiger partial charge in [-0.2, -0.15) is 13.9 Å². The van der Waals surface area contributed by atoms with Crippen LogP contribution in [0.1, 0.15) is 23.7 Å². The zero-order valence-corrected chi connectivity index (χ0v) is 13.5. The largest absolute Gasteiger partial charge is 0.435 e. The molecule has 1 aromatic heterocycles. The van der Waals surface area contributed by atoms with Gasteiger partial charge in [-0.15, -0.1) is 0 Å². The number of amides is 1. The van der Waals surface area contributed by atoms with Crippen molar-refractivity contribution >= 4 is 12.0 Å². The van der Waals surface area contributed by atoms with E-state index in [0.717, 1.165) is 17.8 Å². The molecule has 0 bridgehead atoms. The number of nitrogens with one attached hydrogen (secondary N) is 1. The van der Waals surface area contributed by atoms with Crippen LogP contribution < -0.4 is 10.1 Å². The lowest BCUT2D eigenvalue weighted by atomic mass is 10.2. The Hall–Kier alpha value is -2.70. The van der Waals surface area contributed by atoms with Crippen LogP contribution in [0.15, 0.2) is 36.5 Å². The Kier molecular flexibility index (Phi) is 6.06. The first-order valence-electron chi connectivity index (χ1n) is 7.51. The minimum atomic E-state index is -2.85. The molecule has 0 unspecified atom stereocenters. The number of alkyl halides is 2. The summed E-state index contributed by atoms with van der Waals surface area (Å²) in [5.74, 6) is -0.165. The van der Waals surface area contributed by atoms with E-state index in [0.29, 0.717) is 12.1 Å². The molecule has 0 aliphatic heterocycles. The molecule has 0 spiro atoms. The number of halogens is 2. The third-order valence-electron chi connectivity index (χ3n) is 3.49. The molecule has 1 heterocycles. The highest BCUT2D eigenvalue weighted by Gasteiger charge is 2.06. The number of rotatable bonds is 7. The highest BCUT2D eigenvalue weighted by Crippen LogP contribution is 2.15. The van der Waals surface area contributed by atoms with Crippen LogP contribution in [-0.4, -0.2) is 22.3 Å². The molecule has 1 amide bonds. The van der Waals surface area contributed by atoms with Crippen LogP contribution in [-0.2, 0) is 17.9 Å². The summed E-state index contributed by atoms with van der Waals surface area (Å²) in [6.07, 6.45) is 4.73. The van der Waals surface area contributed by atoms with Crippen molar-refractivity contribution in [2.24, 2.45) is 0 Å². The Labute approximate surface area is 138 Å². The van der Waals surface area contributed by atoms with Crippen molar-refractivity contribution in [3.63, 3.8) is 0 Å². The molecule has 0 radical (unpaired) electrons. The van der Waals surface area contributed by atoms with Crippen molar-refractivity contribution in [1.82, 2.24) is 15.1 Å². The molecule has 5 nitrogen and oxygen atoms in total. The molecule has 2 aromatic rings. The third-order valence-corrected chi connectivity index (χ3v) is 3.49. The van der Waals surface area contributed by atoms with Gasteiger partial charge in [0.2, 0.25) is 5.91 Å². The molecule has 0 saturated carbocycles. The van der Waals surface area contributed by atoms with Crippen LogP contribution >= 0.6 is 0 Å². The number of carbonyl (C=O) groups excluding carboxylic acids is 1. The fourth-order valence-electron chi connectivity index (χ4n) is 2.15. The molecule has 0 fully saturated rings. The molecule has 2 rings (SSSR count). The van der Waals surface area contributed by atoms with Crippen molar-refractivity contribution in [3.8, 4) is 5.75 Å². The van der Waals surface area contributed by atoms with Crippen LogP contribution in [0.25, 0.3) is 6.08 Å². The van der Waals surface area contributed by atoms with Crippen LogP contribution in [0.5, 0.6) is 5.75 Å². The van der Waals surface area contributed by atoms with Crippen molar-refractivity contribution in [1.29, 1.82) is 0 Å². The van der Waals surface area contributed by atoms with Gasteiger partial charge < -0.3 is 10.1 Å². The Bertz CT molecular complexity index is 709. The summed E-state index contributed by atoms with van der Waals surface area (Å²) < 4.78 is 30.2. The Balaban J connectivity index is 1.87. The second-order valence-electron chi connectivity index (χ2n) is 5.07. The highest BCUT2D eigenvalue weighted by atomic mass is 19.3. The number of carbonyl (C=O) groups is 1. The van der Waals surface area contributed by atoms with Crippen molar-refractivity contribution in [2.75, 3.05) is 0 Å². The van der Waals surface area contributed by atoms with Gasteiger partial charge >= 0.3 is 6.61 Å². The number of aryl methyl sites for hydroxylation is 1. The van der Waals surface area contributed by atoms with Gasteiger partial charge in [-0.05, 0) is 37.6 Å². The van der Waals surface area contributed by atoms with Gasteiger partial charge in [0.25, 0.3) is 0 Å². The summed E-state index contributed by atoms with van der Waals surface area (Å²) in [6, 6.07) is 6.03. The summed E-state index contributed by atoms with van der Waals surface area (Å²) in [4.78, 5) is 11.8. The fourth-order valence-corrected chi connectivity index (χ4v) is 2.15. The van der Waals surface area contributed by atoms with E-state index in [1.807, 2.05) is 18.5 Å². The molecule has 0 aliphatic carbocycles. The average molecular weight is 335 g/mol. The smallest absolute Gasteiger partial charge is 0.387 e. The normalized spacial score (nSPS) is 11.2. The van der Waals surface area contributed by atoms with Crippen molar-refractivity contribution in [3.05, 3.63) is 53.4 Å². The second kappa shape index (κ2) is 8.24. The topological polar surface area (TPSA) is 56.2 Å². The number of nitrogens with zero attached hydrogens (tertiary/aromatic N) is 2. The summed E-state index contributed by atoms with van der Waals surface area (Å²) in [7, 11) is 0. The standard InChI is InChI=1S/C17H19F2N3O2/c1-3-22-12(2)14(11-21-22)10-20-16(23)9-6-13-4-7-15(8-5-13)24-17(18)19/h4-9,11,17H,3,10H2,1-2H3,(H,20,23)/b9-6+. The van der Waals surface area contributed by atoms with E-state index in [1.54, 1.807) is 24.4 Å².